The Labute approximate surface area is 173 Å². The first-order valence-corrected chi connectivity index (χ1v) is 10.1. The summed E-state index contributed by atoms with van der Waals surface area (Å²) in [5.74, 6) is -0.0688. The summed E-state index contributed by atoms with van der Waals surface area (Å²) in [4.78, 5) is 34.2. The van der Waals surface area contributed by atoms with Crippen LogP contribution >= 0.6 is 11.8 Å². The molecule has 0 bridgehead atoms. The average molecular weight is 414 g/mol. The van der Waals surface area contributed by atoms with Gasteiger partial charge in [-0.2, -0.15) is 0 Å². The zero-order valence-corrected chi connectivity index (χ0v) is 17.0. The lowest BCUT2D eigenvalue weighted by molar-refractivity contribution is -0.115. The van der Waals surface area contributed by atoms with E-state index < -0.39 is 11.1 Å². The highest BCUT2D eigenvalue weighted by molar-refractivity contribution is 8.18. The number of thioether (sulfide) groups is 1. The van der Waals surface area contributed by atoms with Crippen LogP contribution in [0.25, 0.3) is 17.3 Å². The van der Waals surface area contributed by atoms with Crippen LogP contribution in [-0.2, 0) is 4.79 Å². The molecular weight excluding hydrogens is 392 g/mol. The number of benzene rings is 1. The van der Waals surface area contributed by atoms with Crippen LogP contribution in [0, 0.1) is 0 Å². The molecular formula is C20H22N4O4S. The highest BCUT2D eigenvalue weighted by atomic mass is 32.2. The number of rotatable bonds is 8. The third-order valence-electron chi connectivity index (χ3n) is 4.42. The van der Waals surface area contributed by atoms with Crippen LogP contribution in [0.5, 0.6) is 11.6 Å². The maximum atomic E-state index is 11.7. The SMILES string of the molecule is CCN(CC)CCOc1cncc(-c2ccc(O)c(C=C3SC(=O)NC3=O)c2)n1. The van der Waals surface area contributed by atoms with E-state index >= 15 is 0 Å². The van der Waals surface area contributed by atoms with Gasteiger partial charge in [0.25, 0.3) is 11.1 Å². The van der Waals surface area contributed by atoms with E-state index in [1.807, 2.05) is 0 Å². The number of hydrogen-bond donors (Lipinski definition) is 2. The molecule has 1 aromatic carbocycles. The van der Waals surface area contributed by atoms with Crippen molar-refractivity contribution in [3.05, 3.63) is 41.1 Å². The Balaban J connectivity index is 1.78. The van der Waals surface area contributed by atoms with Crippen LogP contribution in [0.1, 0.15) is 19.4 Å². The molecule has 0 aliphatic carbocycles. The molecule has 1 aliphatic rings. The number of ether oxygens (including phenoxy) is 1. The van der Waals surface area contributed by atoms with Crippen molar-refractivity contribution in [2.45, 2.75) is 13.8 Å². The van der Waals surface area contributed by atoms with Crippen molar-refractivity contribution in [1.29, 1.82) is 0 Å². The van der Waals surface area contributed by atoms with E-state index in [9.17, 15) is 14.7 Å². The number of phenols is 1. The summed E-state index contributed by atoms with van der Waals surface area (Å²) in [7, 11) is 0. The molecule has 0 atom stereocenters. The van der Waals surface area contributed by atoms with Gasteiger partial charge in [-0.3, -0.25) is 19.9 Å². The first-order valence-electron chi connectivity index (χ1n) is 9.25. The van der Waals surface area contributed by atoms with Crippen molar-refractivity contribution in [3.63, 3.8) is 0 Å². The average Bonchev–Trinajstić information content (AvgIpc) is 3.04. The second kappa shape index (κ2) is 9.53. The lowest BCUT2D eigenvalue weighted by atomic mass is 10.1. The maximum absolute atomic E-state index is 11.7. The summed E-state index contributed by atoms with van der Waals surface area (Å²) in [6.45, 7) is 7.43. The summed E-state index contributed by atoms with van der Waals surface area (Å²) in [5.41, 5.74) is 1.68. The predicted octanol–water partition coefficient (Wildman–Crippen LogP) is 2.89. The lowest BCUT2D eigenvalue weighted by Crippen LogP contribution is -2.28. The molecule has 3 rings (SSSR count). The number of amides is 2. The van der Waals surface area contributed by atoms with Crippen LogP contribution in [0.15, 0.2) is 35.5 Å². The van der Waals surface area contributed by atoms with E-state index in [1.165, 1.54) is 12.1 Å². The number of phenolic OH excluding ortho intramolecular Hbond substituents is 1. The van der Waals surface area contributed by atoms with Crippen LogP contribution in [0.3, 0.4) is 0 Å². The molecule has 2 heterocycles. The second-order valence-electron chi connectivity index (χ2n) is 6.24. The van der Waals surface area contributed by atoms with Gasteiger partial charge in [-0.15, -0.1) is 0 Å². The van der Waals surface area contributed by atoms with Gasteiger partial charge in [0, 0.05) is 17.7 Å². The minimum absolute atomic E-state index is 0.00594. The third-order valence-corrected chi connectivity index (χ3v) is 5.23. The Kier molecular flexibility index (Phi) is 6.84. The Bertz CT molecular complexity index is 944. The van der Waals surface area contributed by atoms with Crippen molar-refractivity contribution < 1.29 is 19.4 Å². The Morgan fingerprint density at radius 1 is 1.24 bits per heavy atom. The fourth-order valence-corrected chi connectivity index (χ4v) is 3.44. The van der Waals surface area contributed by atoms with E-state index in [2.05, 4.69) is 34.0 Å². The summed E-state index contributed by atoms with van der Waals surface area (Å²) >= 11 is 0.795. The Morgan fingerprint density at radius 3 is 2.72 bits per heavy atom. The summed E-state index contributed by atoms with van der Waals surface area (Å²) in [6.07, 6.45) is 4.63. The topological polar surface area (TPSA) is 105 Å². The van der Waals surface area contributed by atoms with Gasteiger partial charge in [0.05, 0.1) is 23.0 Å². The summed E-state index contributed by atoms with van der Waals surface area (Å²) in [5, 5.41) is 11.9. The zero-order chi connectivity index (χ0) is 20.8. The zero-order valence-electron chi connectivity index (χ0n) is 16.2. The van der Waals surface area contributed by atoms with Gasteiger partial charge >= 0.3 is 0 Å². The number of carbonyl (C=O) groups excluding carboxylic acids is 2. The fraction of sp³-hybridized carbons (Fsp3) is 0.300. The van der Waals surface area contributed by atoms with Gasteiger partial charge in [-0.1, -0.05) is 13.8 Å². The number of aromatic nitrogens is 2. The van der Waals surface area contributed by atoms with Crippen molar-refractivity contribution >= 4 is 29.0 Å². The van der Waals surface area contributed by atoms with E-state index in [-0.39, 0.29) is 10.7 Å². The highest BCUT2D eigenvalue weighted by Crippen LogP contribution is 2.31. The molecule has 29 heavy (non-hydrogen) atoms. The number of likely N-dealkylation sites (N-methyl/N-ethyl adjacent to an activating group) is 1. The Morgan fingerprint density at radius 2 is 2.03 bits per heavy atom. The molecule has 9 heteroatoms. The molecule has 1 aliphatic heterocycles. The maximum Gasteiger partial charge on any atom is 0.290 e. The minimum Gasteiger partial charge on any atom is -0.507 e. The number of nitrogens with zero attached hydrogens (tertiary/aromatic N) is 3. The number of hydrogen-bond acceptors (Lipinski definition) is 8. The molecule has 2 amide bonds. The van der Waals surface area contributed by atoms with Crippen molar-refractivity contribution in [2.24, 2.45) is 0 Å². The standard InChI is InChI=1S/C20H22N4O4S/c1-3-24(4-2)7-8-28-18-12-21-11-15(22-18)13-5-6-16(25)14(9-13)10-17-19(26)23-20(27)29-17/h5-6,9-12,25H,3-4,7-8H2,1-2H3,(H,23,26,27). The van der Waals surface area contributed by atoms with Gasteiger partial charge in [0.15, 0.2) is 0 Å². The van der Waals surface area contributed by atoms with E-state index in [4.69, 9.17) is 4.74 Å². The van der Waals surface area contributed by atoms with Crippen LogP contribution in [0.4, 0.5) is 4.79 Å². The van der Waals surface area contributed by atoms with Crippen molar-refractivity contribution in [3.8, 4) is 22.9 Å². The molecule has 0 radical (unpaired) electrons. The monoisotopic (exact) mass is 414 g/mol. The van der Waals surface area contributed by atoms with Crippen molar-refractivity contribution in [2.75, 3.05) is 26.2 Å². The van der Waals surface area contributed by atoms with Gasteiger partial charge in [-0.25, -0.2) is 4.98 Å². The summed E-state index contributed by atoms with van der Waals surface area (Å²) < 4.78 is 5.72. The number of nitrogens with one attached hydrogen (secondary N) is 1. The van der Waals surface area contributed by atoms with Crippen LogP contribution < -0.4 is 10.1 Å². The molecule has 8 nitrogen and oxygen atoms in total. The number of carbonyl (C=O) groups is 2. The van der Waals surface area contributed by atoms with Crippen LogP contribution in [0.2, 0.25) is 0 Å². The highest BCUT2D eigenvalue weighted by Gasteiger charge is 2.25. The predicted molar refractivity (Wildman–Crippen MR) is 112 cm³/mol. The Hall–Kier alpha value is -2.91. The van der Waals surface area contributed by atoms with Crippen molar-refractivity contribution in [1.82, 2.24) is 20.2 Å². The first kappa shape index (κ1) is 20.8. The molecule has 152 valence electrons. The molecule has 1 saturated heterocycles. The second-order valence-corrected chi connectivity index (χ2v) is 7.26. The quantitative estimate of drug-likeness (QED) is 0.636. The summed E-state index contributed by atoms with van der Waals surface area (Å²) in [6, 6.07) is 4.90. The normalized spacial score (nSPS) is 15.2. The fourth-order valence-electron chi connectivity index (χ4n) is 2.77. The van der Waals surface area contributed by atoms with Gasteiger partial charge in [-0.05, 0) is 49.1 Å². The molecule has 0 spiro atoms. The number of aromatic hydroxyl groups is 1. The van der Waals surface area contributed by atoms with Gasteiger partial charge in [0.2, 0.25) is 5.88 Å². The van der Waals surface area contributed by atoms with E-state index in [0.717, 1.165) is 31.4 Å². The molecule has 2 aromatic rings. The molecule has 1 aromatic heterocycles. The lowest BCUT2D eigenvalue weighted by Gasteiger charge is -2.17. The molecule has 2 N–H and O–H groups in total. The van der Waals surface area contributed by atoms with E-state index in [0.29, 0.717) is 29.3 Å². The molecule has 1 fully saturated rings. The largest absolute Gasteiger partial charge is 0.507 e. The van der Waals surface area contributed by atoms with E-state index in [1.54, 1.807) is 24.5 Å². The number of imide groups is 1. The molecule has 0 unspecified atom stereocenters. The molecule has 0 saturated carbocycles. The third kappa shape index (κ3) is 5.33. The smallest absolute Gasteiger partial charge is 0.290 e. The van der Waals surface area contributed by atoms with Gasteiger partial charge in [0.1, 0.15) is 12.4 Å². The minimum atomic E-state index is -0.479. The van der Waals surface area contributed by atoms with Crippen LogP contribution in [-0.4, -0.2) is 57.4 Å². The first-order chi connectivity index (χ1) is 14.0. The van der Waals surface area contributed by atoms with Gasteiger partial charge < -0.3 is 14.7 Å².